The monoisotopic (exact) mass is 444 g/mol. The Balaban J connectivity index is 0. The van der Waals surface area contributed by atoms with Crippen LogP contribution >= 0.6 is 0 Å². The van der Waals surface area contributed by atoms with E-state index in [2.05, 4.69) is 27.7 Å². The van der Waals surface area contributed by atoms with Crippen molar-refractivity contribution in [2.75, 3.05) is 7.11 Å². The van der Waals surface area contributed by atoms with Gasteiger partial charge in [0.15, 0.2) is 6.29 Å². The molecule has 0 aromatic carbocycles. The second kappa shape index (κ2) is 7.90. The number of hydrogen-bond acceptors (Lipinski definition) is 2. The molecule has 1 heterocycles. The second-order valence-corrected chi connectivity index (χ2v) is 3.86. The maximum Gasteiger partial charge on any atom is 0.157 e. The van der Waals surface area contributed by atoms with Gasteiger partial charge in [-0.2, -0.15) is 0 Å². The third-order valence-corrected chi connectivity index (χ3v) is 3.22. The fraction of sp³-hybridized carbons (Fsp3) is 0.900. The summed E-state index contributed by atoms with van der Waals surface area (Å²) < 4.78 is 10.8. The molecule has 0 spiro atoms. The molecular formula is C10H19O2WY-. The number of rotatable bonds is 1. The van der Waals surface area contributed by atoms with Gasteiger partial charge in [-0.25, -0.2) is 0 Å². The summed E-state index contributed by atoms with van der Waals surface area (Å²) in [6, 6.07) is 0. The van der Waals surface area contributed by atoms with Crippen LogP contribution in [0.4, 0.5) is 0 Å². The third-order valence-electron chi connectivity index (χ3n) is 3.22. The molecule has 1 fully saturated rings. The third kappa shape index (κ3) is 3.94. The van der Waals surface area contributed by atoms with Crippen molar-refractivity contribution < 1.29 is 63.2 Å². The summed E-state index contributed by atoms with van der Waals surface area (Å²) in [5.41, 5.74) is 0. The molecular weight excluding hydrogens is 425 g/mol. The van der Waals surface area contributed by atoms with Crippen molar-refractivity contribution >= 4 is 0 Å². The van der Waals surface area contributed by atoms with Crippen LogP contribution in [0.1, 0.15) is 20.8 Å². The molecule has 0 N–H and O–H groups in total. The van der Waals surface area contributed by atoms with Crippen molar-refractivity contribution in [2.24, 2.45) is 17.8 Å². The molecule has 0 saturated carbocycles. The van der Waals surface area contributed by atoms with E-state index < -0.39 is 0 Å². The Labute approximate surface area is 127 Å². The maximum atomic E-state index is 5.60. The summed E-state index contributed by atoms with van der Waals surface area (Å²) in [6.45, 7) is 10.6. The molecule has 0 aliphatic carbocycles. The van der Waals surface area contributed by atoms with E-state index in [4.69, 9.17) is 9.47 Å². The molecule has 4 heteroatoms. The zero-order valence-electron chi connectivity index (χ0n) is 9.40. The quantitative estimate of drug-likeness (QED) is 0.578. The second-order valence-electron chi connectivity index (χ2n) is 3.86. The van der Waals surface area contributed by atoms with E-state index in [-0.39, 0.29) is 66.2 Å². The topological polar surface area (TPSA) is 18.5 Å². The van der Waals surface area contributed by atoms with Gasteiger partial charge >= 0.3 is 0 Å². The number of ether oxygens (including phenoxy) is 2. The molecule has 0 aromatic rings. The van der Waals surface area contributed by atoms with Gasteiger partial charge in [0.05, 0.1) is 0 Å². The first-order chi connectivity index (χ1) is 5.57. The van der Waals surface area contributed by atoms with Crippen LogP contribution in [0.15, 0.2) is 0 Å². The number of hydrogen-bond donors (Lipinski definition) is 0. The van der Waals surface area contributed by atoms with Crippen molar-refractivity contribution in [1.82, 2.24) is 0 Å². The smallest absolute Gasteiger partial charge is 0.157 e. The van der Waals surface area contributed by atoms with Gasteiger partial charge in [0.2, 0.25) is 0 Å². The van der Waals surface area contributed by atoms with Crippen molar-refractivity contribution in [3.8, 4) is 0 Å². The molecule has 2 unspecified atom stereocenters. The van der Waals surface area contributed by atoms with Gasteiger partial charge < -0.3 is 16.4 Å². The minimum absolute atomic E-state index is 0. The van der Waals surface area contributed by atoms with Gasteiger partial charge in [-0.3, -0.25) is 0 Å². The first kappa shape index (κ1) is 18.1. The molecule has 1 saturated heterocycles. The SMILES string of the molecule is [CH2-]C1O[C@@H](OC)C(C)[C@@H](C)[C@H]1C.[W].[Y]. The molecule has 1 radical (unpaired) electrons. The van der Waals surface area contributed by atoms with Gasteiger partial charge in [0.1, 0.15) is 0 Å². The molecule has 0 bridgehead atoms. The van der Waals surface area contributed by atoms with E-state index in [0.717, 1.165) is 0 Å². The van der Waals surface area contributed by atoms with Crippen LogP contribution < -0.4 is 0 Å². The van der Waals surface area contributed by atoms with Crippen LogP contribution in [-0.4, -0.2) is 19.5 Å². The molecule has 0 aromatic heterocycles. The maximum absolute atomic E-state index is 5.60. The molecule has 14 heavy (non-hydrogen) atoms. The first-order valence-electron chi connectivity index (χ1n) is 4.59. The summed E-state index contributed by atoms with van der Waals surface area (Å²) in [7, 11) is 1.69. The average molecular weight is 444 g/mol. The molecule has 81 valence electrons. The van der Waals surface area contributed by atoms with Crippen LogP contribution in [0.5, 0.6) is 0 Å². The average Bonchev–Trinajstić information content (AvgIpc) is 2.08. The molecule has 0 amide bonds. The van der Waals surface area contributed by atoms with Gasteiger partial charge in [-0.15, -0.1) is 0 Å². The Bertz CT molecular complexity index is 152. The van der Waals surface area contributed by atoms with E-state index >= 15 is 0 Å². The van der Waals surface area contributed by atoms with Gasteiger partial charge in [-0.05, 0) is 11.8 Å². The van der Waals surface area contributed by atoms with Crippen LogP contribution in [0, 0.1) is 24.7 Å². The van der Waals surface area contributed by atoms with Crippen LogP contribution in [0.3, 0.4) is 0 Å². The Kier molecular flexibility index (Phi) is 10.2. The van der Waals surface area contributed by atoms with Gasteiger partial charge in [0, 0.05) is 66.8 Å². The molecule has 2 nitrogen and oxygen atoms in total. The standard InChI is InChI=1S/C10H19O2.W.Y/c1-6-7(2)9(4)12-10(11-5)8(6)3;;/h6-10H,4H2,1-3,5H3;;/q-1;;/t6-,7+,8?,9?,10+;;/m0../s1. The largest absolute Gasteiger partial charge is 0.381 e. The Morgan fingerprint density at radius 3 is 2.00 bits per heavy atom. The summed E-state index contributed by atoms with van der Waals surface area (Å²) in [4.78, 5) is 0. The van der Waals surface area contributed by atoms with E-state index in [1.54, 1.807) is 7.11 Å². The van der Waals surface area contributed by atoms with E-state index in [0.29, 0.717) is 17.8 Å². The normalized spacial score (nSPS) is 42.2. The molecule has 1 rings (SSSR count). The number of methoxy groups -OCH3 is 1. The van der Waals surface area contributed by atoms with Crippen LogP contribution in [0.25, 0.3) is 0 Å². The zero-order chi connectivity index (χ0) is 9.30. The Hall–Kier alpha value is 1.71. The van der Waals surface area contributed by atoms with Crippen LogP contribution in [0.2, 0.25) is 0 Å². The molecule has 1 aliphatic rings. The summed E-state index contributed by atoms with van der Waals surface area (Å²) >= 11 is 0. The van der Waals surface area contributed by atoms with Crippen molar-refractivity contribution in [3.05, 3.63) is 6.92 Å². The predicted octanol–water partition coefficient (Wildman–Crippen LogP) is 2.10. The van der Waals surface area contributed by atoms with E-state index in [1.807, 2.05) is 0 Å². The fourth-order valence-electron chi connectivity index (χ4n) is 1.76. The van der Waals surface area contributed by atoms with E-state index in [1.165, 1.54) is 0 Å². The predicted molar refractivity (Wildman–Crippen MR) is 48.5 cm³/mol. The van der Waals surface area contributed by atoms with Crippen LogP contribution in [-0.2, 0) is 63.2 Å². The zero-order valence-corrected chi connectivity index (χ0v) is 15.2. The Morgan fingerprint density at radius 2 is 1.57 bits per heavy atom. The first-order valence-corrected chi connectivity index (χ1v) is 4.59. The Morgan fingerprint density at radius 1 is 1.07 bits per heavy atom. The summed E-state index contributed by atoms with van der Waals surface area (Å²) in [5.74, 6) is 1.60. The summed E-state index contributed by atoms with van der Waals surface area (Å²) in [5, 5.41) is 0. The minimum atomic E-state index is -0.0706. The summed E-state index contributed by atoms with van der Waals surface area (Å²) in [6.07, 6.45) is -0.000139. The molecule has 1 aliphatic heterocycles. The minimum Gasteiger partial charge on any atom is -0.381 e. The molecule has 5 atom stereocenters. The van der Waals surface area contributed by atoms with E-state index in [9.17, 15) is 0 Å². The van der Waals surface area contributed by atoms with Gasteiger partial charge in [-0.1, -0.05) is 26.9 Å². The van der Waals surface area contributed by atoms with Crippen molar-refractivity contribution in [1.29, 1.82) is 0 Å². The van der Waals surface area contributed by atoms with Crippen molar-refractivity contribution in [3.63, 3.8) is 0 Å². The van der Waals surface area contributed by atoms with Gasteiger partial charge in [0.25, 0.3) is 0 Å². The van der Waals surface area contributed by atoms with Crippen molar-refractivity contribution in [2.45, 2.75) is 33.2 Å². The fourth-order valence-corrected chi connectivity index (χ4v) is 1.76.